The molecule has 53 valence electrons. The molecule has 0 rings (SSSR count). The second-order valence-electron chi connectivity index (χ2n) is 0.448. The average Bonchev–Trinajstić information content (AvgIpc) is 0.722. The first kappa shape index (κ1) is 22.5. The van der Waals surface area contributed by atoms with Gasteiger partial charge in [-0.3, -0.25) is 9.11 Å². The summed E-state index contributed by atoms with van der Waals surface area (Å²) in [6.07, 6.45) is 0. The SMILES string of the molecule is O=S(=O)(O)O.S.[Au].[NaH]. The molecule has 8 heteroatoms. The van der Waals surface area contributed by atoms with Crippen LogP contribution in [-0.2, 0) is 32.8 Å². The fourth-order valence-electron chi connectivity index (χ4n) is 0. The fourth-order valence-corrected chi connectivity index (χ4v) is 0. The van der Waals surface area contributed by atoms with Gasteiger partial charge in [0.25, 0.3) is 0 Å². The number of hydrogen-bond donors (Lipinski definition) is 2. The Balaban J connectivity index is -0.0000000267. The molecule has 0 aliphatic rings. The van der Waals surface area contributed by atoms with Crippen molar-refractivity contribution in [2.75, 3.05) is 0 Å². The maximum atomic E-state index is 8.74. The predicted octanol–water partition coefficient (Wildman–Crippen LogP) is -1.19. The van der Waals surface area contributed by atoms with Gasteiger partial charge < -0.3 is 0 Å². The zero-order chi connectivity index (χ0) is 4.50. The molecular weight excluding hydrogens is 348 g/mol. The molecule has 0 aliphatic carbocycles. The van der Waals surface area contributed by atoms with Crippen molar-refractivity contribution in [3.05, 3.63) is 0 Å². The van der Waals surface area contributed by atoms with E-state index in [1.807, 2.05) is 0 Å². The van der Waals surface area contributed by atoms with E-state index in [2.05, 4.69) is 0 Å². The Morgan fingerprint density at radius 3 is 1.12 bits per heavy atom. The summed E-state index contributed by atoms with van der Waals surface area (Å²) in [6, 6.07) is 0. The Morgan fingerprint density at radius 2 is 1.12 bits per heavy atom. The van der Waals surface area contributed by atoms with Crippen LogP contribution in [0.2, 0.25) is 0 Å². The van der Waals surface area contributed by atoms with Crippen LogP contribution in [0.3, 0.4) is 0 Å². The summed E-state index contributed by atoms with van der Waals surface area (Å²) in [5.41, 5.74) is 0. The van der Waals surface area contributed by atoms with Crippen molar-refractivity contribution >= 4 is 53.5 Å². The van der Waals surface area contributed by atoms with Gasteiger partial charge in [0, 0.05) is 22.4 Å². The van der Waals surface area contributed by atoms with Gasteiger partial charge >= 0.3 is 40.0 Å². The quantitative estimate of drug-likeness (QED) is 0.424. The Kier molecular flexibility index (Phi) is 25.2. The van der Waals surface area contributed by atoms with Gasteiger partial charge in [-0.2, -0.15) is 21.9 Å². The number of hydrogen-bond acceptors (Lipinski definition) is 2. The van der Waals surface area contributed by atoms with Crippen molar-refractivity contribution in [2.45, 2.75) is 0 Å². The van der Waals surface area contributed by atoms with E-state index in [1.54, 1.807) is 0 Å². The van der Waals surface area contributed by atoms with Gasteiger partial charge in [0.05, 0.1) is 0 Å². The van der Waals surface area contributed by atoms with Crippen LogP contribution in [0.15, 0.2) is 0 Å². The van der Waals surface area contributed by atoms with Crippen LogP contribution in [0, 0.1) is 0 Å². The van der Waals surface area contributed by atoms with Gasteiger partial charge in [-0.05, 0) is 0 Å². The maximum absolute atomic E-state index is 8.74. The van der Waals surface area contributed by atoms with Crippen molar-refractivity contribution in [2.24, 2.45) is 0 Å². The van der Waals surface area contributed by atoms with Crippen molar-refractivity contribution in [3.63, 3.8) is 0 Å². The molecule has 0 fully saturated rings. The molecule has 8 heavy (non-hydrogen) atoms. The van der Waals surface area contributed by atoms with E-state index in [0.717, 1.165) is 0 Å². The Bertz CT molecular complexity index is 97.2. The van der Waals surface area contributed by atoms with Crippen LogP contribution in [0.1, 0.15) is 0 Å². The van der Waals surface area contributed by atoms with E-state index < -0.39 is 10.4 Å². The summed E-state index contributed by atoms with van der Waals surface area (Å²) >= 11 is 0. The van der Waals surface area contributed by atoms with Crippen LogP contribution in [0.4, 0.5) is 0 Å². The Hall–Kier alpha value is 1.96. The zero-order valence-electron chi connectivity index (χ0n) is 2.92. The Labute approximate surface area is 92.2 Å². The summed E-state index contributed by atoms with van der Waals surface area (Å²) in [5.74, 6) is 0. The molecule has 0 heterocycles. The monoisotopic (exact) mass is 353 g/mol. The third-order valence-electron chi connectivity index (χ3n) is 0. The van der Waals surface area contributed by atoms with Crippen LogP contribution in [0.25, 0.3) is 0 Å². The fraction of sp³-hybridized carbons (Fsp3) is 0. The molecule has 1 radical (unpaired) electrons. The second-order valence-corrected chi connectivity index (χ2v) is 1.34. The molecule has 0 spiro atoms. The van der Waals surface area contributed by atoms with E-state index in [-0.39, 0.29) is 65.4 Å². The third-order valence-corrected chi connectivity index (χ3v) is 0. The van der Waals surface area contributed by atoms with Crippen molar-refractivity contribution in [1.82, 2.24) is 0 Å². The normalized spacial score (nSPS) is 7.25. The molecular formula is H5AuNaO4S2. The van der Waals surface area contributed by atoms with Crippen molar-refractivity contribution < 1.29 is 39.9 Å². The molecule has 2 N–H and O–H groups in total. The molecule has 0 aromatic heterocycles. The Morgan fingerprint density at radius 1 is 1.12 bits per heavy atom. The summed E-state index contributed by atoms with van der Waals surface area (Å²) in [7, 11) is -4.67. The average molecular weight is 353 g/mol. The summed E-state index contributed by atoms with van der Waals surface area (Å²) < 4.78 is 31.6. The molecule has 0 saturated carbocycles. The summed E-state index contributed by atoms with van der Waals surface area (Å²) in [5, 5.41) is 0. The van der Waals surface area contributed by atoms with Gasteiger partial charge in [-0.1, -0.05) is 0 Å². The van der Waals surface area contributed by atoms with Gasteiger partial charge in [0.1, 0.15) is 0 Å². The van der Waals surface area contributed by atoms with Crippen molar-refractivity contribution in [3.8, 4) is 0 Å². The molecule has 0 atom stereocenters. The van der Waals surface area contributed by atoms with E-state index in [0.29, 0.717) is 0 Å². The molecule has 0 unspecified atom stereocenters. The second kappa shape index (κ2) is 8.96. The predicted molar refractivity (Wildman–Crippen MR) is 31.7 cm³/mol. The van der Waals surface area contributed by atoms with E-state index in [9.17, 15) is 0 Å². The third kappa shape index (κ3) is 100. The molecule has 0 bridgehead atoms. The standard InChI is InChI=1S/Au.Na.H2O4S.H2S.H/c;;1-5(2,3)4;;/h;;(H2,1,2,3,4);1H2;. The van der Waals surface area contributed by atoms with E-state index >= 15 is 0 Å². The topological polar surface area (TPSA) is 74.6 Å². The van der Waals surface area contributed by atoms with Gasteiger partial charge in [-0.15, -0.1) is 0 Å². The van der Waals surface area contributed by atoms with Crippen LogP contribution < -0.4 is 0 Å². The summed E-state index contributed by atoms with van der Waals surface area (Å²) in [6.45, 7) is 0. The minimum absolute atomic E-state index is 0. The first-order valence-corrected chi connectivity index (χ1v) is 2.10. The van der Waals surface area contributed by atoms with Gasteiger partial charge in [-0.25, -0.2) is 0 Å². The van der Waals surface area contributed by atoms with Gasteiger partial charge in [0.15, 0.2) is 0 Å². The molecule has 0 aromatic rings. The van der Waals surface area contributed by atoms with Crippen molar-refractivity contribution in [1.29, 1.82) is 0 Å². The molecule has 4 nitrogen and oxygen atoms in total. The summed E-state index contributed by atoms with van der Waals surface area (Å²) in [4.78, 5) is 0. The first-order valence-electron chi connectivity index (χ1n) is 0.698. The zero-order valence-corrected chi connectivity index (χ0v) is 6.90. The molecule has 0 aliphatic heterocycles. The van der Waals surface area contributed by atoms with E-state index in [4.69, 9.17) is 17.5 Å². The van der Waals surface area contributed by atoms with Crippen LogP contribution in [0.5, 0.6) is 0 Å². The van der Waals surface area contributed by atoms with Crippen LogP contribution in [-0.4, -0.2) is 47.1 Å². The molecule has 0 saturated heterocycles. The van der Waals surface area contributed by atoms with E-state index in [1.165, 1.54) is 0 Å². The minimum atomic E-state index is -4.67. The molecule has 0 aromatic carbocycles. The number of rotatable bonds is 0. The molecule has 0 amide bonds. The van der Waals surface area contributed by atoms with Crippen LogP contribution >= 0.6 is 13.5 Å². The van der Waals surface area contributed by atoms with Gasteiger partial charge in [0.2, 0.25) is 0 Å². The first-order chi connectivity index (χ1) is 2.00.